The van der Waals surface area contributed by atoms with Gasteiger partial charge in [-0.1, -0.05) is 19.1 Å². The van der Waals surface area contributed by atoms with Crippen LogP contribution >= 0.6 is 0 Å². The van der Waals surface area contributed by atoms with Gasteiger partial charge >= 0.3 is 0 Å². The van der Waals surface area contributed by atoms with E-state index in [4.69, 9.17) is 5.26 Å². The Morgan fingerprint density at radius 3 is 2.65 bits per heavy atom. The zero-order chi connectivity index (χ0) is 12.1. The van der Waals surface area contributed by atoms with E-state index in [1.54, 1.807) is 18.3 Å². The molecule has 3 nitrogen and oxygen atoms in total. The van der Waals surface area contributed by atoms with Gasteiger partial charge in [0.25, 0.3) is 0 Å². The first kappa shape index (κ1) is 11.2. The van der Waals surface area contributed by atoms with Crippen molar-refractivity contribution in [3.8, 4) is 6.07 Å². The van der Waals surface area contributed by atoms with Gasteiger partial charge in [-0.3, -0.25) is 0 Å². The Morgan fingerprint density at radius 2 is 2.00 bits per heavy atom. The highest BCUT2D eigenvalue weighted by Gasteiger charge is 1.97. The quantitative estimate of drug-likeness (QED) is 0.868. The molecule has 3 heteroatoms. The second kappa shape index (κ2) is 5.13. The lowest BCUT2D eigenvalue weighted by Gasteiger charge is -2.06. The summed E-state index contributed by atoms with van der Waals surface area (Å²) in [4.78, 5) is 4.16. The second-order valence-electron chi connectivity index (χ2n) is 3.72. The number of nitriles is 1. The van der Waals surface area contributed by atoms with Crippen LogP contribution in [0, 0.1) is 11.3 Å². The highest BCUT2D eigenvalue weighted by molar-refractivity contribution is 5.57. The highest BCUT2D eigenvalue weighted by Crippen LogP contribution is 2.16. The van der Waals surface area contributed by atoms with Gasteiger partial charge in [0, 0.05) is 11.9 Å². The van der Waals surface area contributed by atoms with Crippen molar-refractivity contribution in [1.29, 1.82) is 5.26 Å². The van der Waals surface area contributed by atoms with E-state index in [0.29, 0.717) is 11.4 Å². The maximum atomic E-state index is 8.79. The van der Waals surface area contributed by atoms with Crippen molar-refractivity contribution in [2.75, 3.05) is 5.32 Å². The molecule has 0 saturated carbocycles. The molecule has 1 N–H and O–H groups in total. The van der Waals surface area contributed by atoms with E-state index in [1.165, 1.54) is 5.56 Å². The third-order valence-corrected chi connectivity index (χ3v) is 2.52. The summed E-state index contributed by atoms with van der Waals surface area (Å²) in [6, 6.07) is 13.7. The molecule has 2 rings (SSSR count). The minimum atomic E-state index is 0.604. The molecular weight excluding hydrogens is 210 g/mol. The number of anilines is 2. The van der Waals surface area contributed by atoms with Crippen LogP contribution in [0.1, 0.15) is 18.1 Å². The molecule has 0 radical (unpaired) electrons. The number of nitrogens with zero attached hydrogens (tertiary/aromatic N) is 2. The van der Waals surface area contributed by atoms with Gasteiger partial charge < -0.3 is 5.32 Å². The fourth-order valence-electron chi connectivity index (χ4n) is 1.54. The van der Waals surface area contributed by atoms with E-state index in [-0.39, 0.29) is 0 Å². The van der Waals surface area contributed by atoms with Crippen LogP contribution in [0.3, 0.4) is 0 Å². The average Bonchev–Trinajstić information content (AvgIpc) is 2.40. The Kier molecular flexibility index (Phi) is 3.37. The summed E-state index contributed by atoms with van der Waals surface area (Å²) in [6.07, 6.45) is 2.66. The molecule has 0 amide bonds. The van der Waals surface area contributed by atoms with Gasteiger partial charge in [0.15, 0.2) is 0 Å². The van der Waals surface area contributed by atoms with Crippen LogP contribution in [0.2, 0.25) is 0 Å². The first-order chi connectivity index (χ1) is 8.31. The Labute approximate surface area is 101 Å². The number of pyridine rings is 1. The van der Waals surface area contributed by atoms with Gasteiger partial charge in [0.1, 0.15) is 5.82 Å². The van der Waals surface area contributed by atoms with Crippen LogP contribution < -0.4 is 5.32 Å². The molecule has 2 aromatic rings. The van der Waals surface area contributed by atoms with E-state index in [0.717, 1.165) is 12.1 Å². The molecule has 0 aliphatic carbocycles. The molecule has 1 aromatic carbocycles. The zero-order valence-corrected chi connectivity index (χ0v) is 9.64. The lowest BCUT2D eigenvalue weighted by atomic mass is 10.1. The number of hydrogen-bond donors (Lipinski definition) is 1. The van der Waals surface area contributed by atoms with Gasteiger partial charge in [-0.05, 0) is 36.2 Å². The SMILES string of the molecule is CCc1ccc(Nc2cc(C#N)ccn2)cc1. The van der Waals surface area contributed by atoms with Crippen molar-refractivity contribution in [2.45, 2.75) is 13.3 Å². The molecule has 0 bridgehead atoms. The molecule has 1 heterocycles. The van der Waals surface area contributed by atoms with Gasteiger partial charge in [0.2, 0.25) is 0 Å². The molecule has 0 aliphatic rings. The summed E-state index contributed by atoms with van der Waals surface area (Å²) in [5.74, 6) is 0.688. The Hall–Kier alpha value is -2.34. The predicted molar refractivity (Wildman–Crippen MR) is 68.1 cm³/mol. The van der Waals surface area contributed by atoms with Crippen LogP contribution in [-0.4, -0.2) is 4.98 Å². The van der Waals surface area contributed by atoms with Crippen molar-refractivity contribution in [2.24, 2.45) is 0 Å². The van der Waals surface area contributed by atoms with Crippen LogP contribution in [-0.2, 0) is 6.42 Å². The number of hydrogen-bond acceptors (Lipinski definition) is 3. The third kappa shape index (κ3) is 2.82. The predicted octanol–water partition coefficient (Wildman–Crippen LogP) is 3.26. The lowest BCUT2D eigenvalue weighted by Crippen LogP contribution is -1.94. The molecule has 0 unspecified atom stereocenters. The smallest absolute Gasteiger partial charge is 0.131 e. The standard InChI is InChI=1S/C14H13N3/c1-2-11-3-5-13(6-4-11)17-14-9-12(10-15)7-8-16-14/h3-9H,2H2,1H3,(H,16,17). The van der Waals surface area contributed by atoms with Gasteiger partial charge in [-0.25, -0.2) is 4.98 Å². The summed E-state index contributed by atoms with van der Waals surface area (Å²) >= 11 is 0. The fourth-order valence-corrected chi connectivity index (χ4v) is 1.54. The molecule has 0 atom stereocenters. The van der Waals surface area contributed by atoms with Gasteiger partial charge in [0.05, 0.1) is 11.6 Å². The number of rotatable bonds is 3. The number of nitrogens with one attached hydrogen (secondary N) is 1. The zero-order valence-electron chi connectivity index (χ0n) is 9.64. The second-order valence-corrected chi connectivity index (χ2v) is 3.72. The molecule has 0 spiro atoms. The van der Waals surface area contributed by atoms with E-state index in [9.17, 15) is 0 Å². The Bertz CT molecular complexity index is 538. The minimum absolute atomic E-state index is 0.604. The Balaban J connectivity index is 2.16. The van der Waals surface area contributed by atoms with Crippen molar-refractivity contribution < 1.29 is 0 Å². The first-order valence-corrected chi connectivity index (χ1v) is 5.54. The van der Waals surface area contributed by atoms with E-state index >= 15 is 0 Å². The highest BCUT2D eigenvalue weighted by atomic mass is 15.0. The molecule has 0 fully saturated rings. The van der Waals surface area contributed by atoms with Crippen molar-refractivity contribution in [3.63, 3.8) is 0 Å². The van der Waals surface area contributed by atoms with E-state index in [2.05, 4.69) is 35.4 Å². The first-order valence-electron chi connectivity index (χ1n) is 5.54. The summed E-state index contributed by atoms with van der Waals surface area (Å²) in [5.41, 5.74) is 2.88. The number of aryl methyl sites for hydroxylation is 1. The average molecular weight is 223 g/mol. The molecule has 1 aromatic heterocycles. The monoisotopic (exact) mass is 223 g/mol. The van der Waals surface area contributed by atoms with E-state index in [1.807, 2.05) is 12.1 Å². The summed E-state index contributed by atoms with van der Waals surface area (Å²) in [6.45, 7) is 2.13. The Morgan fingerprint density at radius 1 is 1.24 bits per heavy atom. The molecule has 0 aliphatic heterocycles. The van der Waals surface area contributed by atoms with Crippen LogP contribution in [0.4, 0.5) is 11.5 Å². The van der Waals surface area contributed by atoms with Crippen molar-refractivity contribution in [1.82, 2.24) is 4.98 Å². The lowest BCUT2D eigenvalue weighted by molar-refractivity contribution is 1.14. The molecule has 84 valence electrons. The van der Waals surface area contributed by atoms with Gasteiger partial charge in [-0.2, -0.15) is 5.26 Å². The fraction of sp³-hybridized carbons (Fsp3) is 0.143. The van der Waals surface area contributed by atoms with Crippen LogP contribution in [0.5, 0.6) is 0 Å². The minimum Gasteiger partial charge on any atom is -0.340 e. The molecule has 0 saturated heterocycles. The molecule has 17 heavy (non-hydrogen) atoms. The number of benzene rings is 1. The number of aromatic nitrogens is 1. The topological polar surface area (TPSA) is 48.7 Å². The summed E-state index contributed by atoms with van der Waals surface area (Å²) < 4.78 is 0. The van der Waals surface area contributed by atoms with Crippen LogP contribution in [0.15, 0.2) is 42.6 Å². The van der Waals surface area contributed by atoms with Crippen molar-refractivity contribution in [3.05, 3.63) is 53.7 Å². The third-order valence-electron chi connectivity index (χ3n) is 2.52. The maximum Gasteiger partial charge on any atom is 0.131 e. The van der Waals surface area contributed by atoms with Crippen molar-refractivity contribution >= 4 is 11.5 Å². The summed E-state index contributed by atoms with van der Waals surface area (Å²) in [5, 5.41) is 12.0. The maximum absolute atomic E-state index is 8.79. The largest absolute Gasteiger partial charge is 0.340 e. The van der Waals surface area contributed by atoms with E-state index < -0.39 is 0 Å². The summed E-state index contributed by atoms with van der Waals surface area (Å²) in [7, 11) is 0. The van der Waals surface area contributed by atoms with Crippen LogP contribution in [0.25, 0.3) is 0 Å². The normalized spacial score (nSPS) is 9.65. The molecular formula is C14H13N3. The van der Waals surface area contributed by atoms with Gasteiger partial charge in [-0.15, -0.1) is 0 Å².